The Bertz CT molecular complexity index is 708. The molecule has 0 aromatic heterocycles. The Morgan fingerprint density at radius 1 is 1.08 bits per heavy atom. The topological polar surface area (TPSA) is 75.6 Å². The van der Waals surface area contributed by atoms with Gasteiger partial charge in [-0.25, -0.2) is 4.79 Å². The van der Waals surface area contributed by atoms with Crippen LogP contribution in [0.4, 0.5) is 5.69 Å². The second-order valence-electron chi connectivity index (χ2n) is 5.86. The molecule has 0 spiro atoms. The molecule has 24 heavy (non-hydrogen) atoms. The summed E-state index contributed by atoms with van der Waals surface area (Å²) >= 11 is 0. The summed E-state index contributed by atoms with van der Waals surface area (Å²) in [5.41, 5.74) is 0.762. The van der Waals surface area contributed by atoms with Crippen molar-refractivity contribution in [1.29, 1.82) is 0 Å². The fraction of sp³-hybridized carbons (Fsp3) is 0.263. The molecule has 0 fully saturated rings. The monoisotopic (exact) mass is 327 g/mol. The van der Waals surface area contributed by atoms with Crippen molar-refractivity contribution in [2.24, 2.45) is 5.92 Å². The van der Waals surface area contributed by atoms with E-state index in [-0.39, 0.29) is 17.2 Å². The van der Waals surface area contributed by atoms with E-state index in [2.05, 4.69) is 19.2 Å². The number of hydrogen-bond donors (Lipinski definition) is 2. The lowest BCUT2D eigenvalue weighted by Gasteiger charge is -2.10. The summed E-state index contributed by atoms with van der Waals surface area (Å²) in [7, 11) is 0. The third-order valence-corrected chi connectivity index (χ3v) is 3.49. The second kappa shape index (κ2) is 8.15. The van der Waals surface area contributed by atoms with Crippen molar-refractivity contribution >= 4 is 17.6 Å². The van der Waals surface area contributed by atoms with Gasteiger partial charge in [-0.1, -0.05) is 26.0 Å². The summed E-state index contributed by atoms with van der Waals surface area (Å²) in [4.78, 5) is 23.4. The third kappa shape index (κ3) is 4.84. The highest BCUT2D eigenvalue weighted by Crippen LogP contribution is 2.18. The van der Waals surface area contributed by atoms with Crippen molar-refractivity contribution in [3.63, 3.8) is 0 Å². The molecule has 2 aromatic carbocycles. The number of amides is 1. The Kier molecular flexibility index (Phi) is 5.95. The van der Waals surface area contributed by atoms with Crippen molar-refractivity contribution in [3.8, 4) is 5.75 Å². The molecule has 0 bridgehead atoms. The number of carboxylic acid groups (broad SMARTS) is 1. The van der Waals surface area contributed by atoms with E-state index in [9.17, 15) is 9.59 Å². The Labute approximate surface area is 141 Å². The van der Waals surface area contributed by atoms with E-state index in [0.29, 0.717) is 23.8 Å². The highest BCUT2D eigenvalue weighted by Gasteiger charge is 2.13. The van der Waals surface area contributed by atoms with Crippen molar-refractivity contribution in [3.05, 3.63) is 59.7 Å². The number of ether oxygens (including phenoxy) is 1. The second-order valence-corrected chi connectivity index (χ2v) is 5.86. The highest BCUT2D eigenvalue weighted by atomic mass is 16.5. The molecule has 0 saturated heterocycles. The molecule has 0 unspecified atom stereocenters. The van der Waals surface area contributed by atoms with Crippen LogP contribution in [0.25, 0.3) is 0 Å². The molecule has 0 atom stereocenters. The highest BCUT2D eigenvalue weighted by molar-refractivity contribution is 6.07. The summed E-state index contributed by atoms with van der Waals surface area (Å²) < 4.78 is 5.61. The number of anilines is 1. The molecule has 0 radical (unpaired) electrons. The van der Waals surface area contributed by atoms with E-state index < -0.39 is 5.97 Å². The minimum atomic E-state index is -1.08. The first-order valence-electron chi connectivity index (χ1n) is 7.84. The number of aromatic carboxylic acids is 1. The van der Waals surface area contributed by atoms with E-state index in [1.54, 1.807) is 42.5 Å². The quantitative estimate of drug-likeness (QED) is 0.804. The zero-order valence-corrected chi connectivity index (χ0v) is 13.8. The van der Waals surface area contributed by atoms with E-state index in [1.165, 1.54) is 6.07 Å². The first-order valence-corrected chi connectivity index (χ1v) is 7.84. The molecular formula is C19H21NO4. The summed E-state index contributed by atoms with van der Waals surface area (Å²) in [6.45, 7) is 4.90. The van der Waals surface area contributed by atoms with E-state index in [1.807, 2.05) is 0 Å². The number of carboxylic acids is 1. The van der Waals surface area contributed by atoms with Gasteiger partial charge in [0.25, 0.3) is 5.91 Å². The van der Waals surface area contributed by atoms with Gasteiger partial charge in [-0.2, -0.15) is 0 Å². The largest absolute Gasteiger partial charge is 0.494 e. The third-order valence-electron chi connectivity index (χ3n) is 3.49. The molecule has 2 aromatic rings. The van der Waals surface area contributed by atoms with Crippen LogP contribution in [0.15, 0.2) is 48.5 Å². The molecule has 126 valence electrons. The summed E-state index contributed by atoms with van der Waals surface area (Å²) in [6, 6.07) is 13.1. The number of benzene rings is 2. The van der Waals surface area contributed by atoms with Crippen molar-refractivity contribution in [2.75, 3.05) is 11.9 Å². The van der Waals surface area contributed by atoms with Crippen LogP contribution in [0, 0.1) is 5.92 Å². The minimum Gasteiger partial charge on any atom is -0.494 e. The van der Waals surface area contributed by atoms with Gasteiger partial charge in [0.05, 0.1) is 17.9 Å². The van der Waals surface area contributed by atoms with Crippen LogP contribution in [0.1, 0.15) is 41.0 Å². The first-order chi connectivity index (χ1) is 11.5. The van der Waals surface area contributed by atoms with Gasteiger partial charge in [-0.3, -0.25) is 4.79 Å². The lowest BCUT2D eigenvalue weighted by atomic mass is 10.1. The average Bonchev–Trinajstić information content (AvgIpc) is 2.55. The van der Waals surface area contributed by atoms with Gasteiger partial charge in [0, 0.05) is 5.56 Å². The number of rotatable bonds is 7. The Morgan fingerprint density at radius 3 is 2.38 bits per heavy atom. The Hall–Kier alpha value is -2.82. The molecular weight excluding hydrogens is 306 g/mol. The van der Waals surface area contributed by atoms with Crippen LogP contribution in [0.3, 0.4) is 0 Å². The van der Waals surface area contributed by atoms with Gasteiger partial charge in [0.1, 0.15) is 5.75 Å². The molecule has 0 aliphatic carbocycles. The summed E-state index contributed by atoms with van der Waals surface area (Å²) in [6.07, 6.45) is 0.966. The fourth-order valence-electron chi connectivity index (χ4n) is 2.09. The maximum atomic E-state index is 12.3. The van der Waals surface area contributed by atoms with Crippen molar-refractivity contribution in [2.45, 2.75) is 20.3 Å². The average molecular weight is 327 g/mol. The number of carbonyl (C=O) groups is 2. The zero-order valence-electron chi connectivity index (χ0n) is 13.8. The van der Waals surface area contributed by atoms with Crippen molar-refractivity contribution < 1.29 is 19.4 Å². The Morgan fingerprint density at radius 2 is 1.75 bits per heavy atom. The molecule has 0 saturated carbocycles. The molecule has 0 aliphatic heterocycles. The van der Waals surface area contributed by atoms with E-state index in [4.69, 9.17) is 9.84 Å². The van der Waals surface area contributed by atoms with Crippen LogP contribution in [0.2, 0.25) is 0 Å². The maximum absolute atomic E-state index is 12.3. The minimum absolute atomic E-state index is 0.0551. The van der Waals surface area contributed by atoms with Crippen LogP contribution >= 0.6 is 0 Å². The summed E-state index contributed by atoms with van der Waals surface area (Å²) in [5.74, 6) is -0.167. The standard InChI is InChI=1S/C19H21NO4/c1-13(2)11-12-24-15-9-7-14(8-10-15)18(21)20-17-6-4-3-5-16(17)19(22)23/h3-10,13H,11-12H2,1-2H3,(H,20,21)(H,22,23). The van der Waals surface area contributed by atoms with Gasteiger partial charge >= 0.3 is 5.97 Å². The van der Waals surface area contributed by atoms with Crippen LogP contribution < -0.4 is 10.1 Å². The number of hydrogen-bond acceptors (Lipinski definition) is 3. The normalized spacial score (nSPS) is 10.5. The molecule has 5 heteroatoms. The predicted octanol–water partition coefficient (Wildman–Crippen LogP) is 4.06. The lowest BCUT2D eigenvalue weighted by molar-refractivity contribution is 0.0698. The number of nitrogens with one attached hydrogen (secondary N) is 1. The van der Waals surface area contributed by atoms with Gasteiger partial charge in [-0.05, 0) is 48.7 Å². The molecule has 1 amide bonds. The molecule has 0 aliphatic rings. The van der Waals surface area contributed by atoms with Crippen LogP contribution in [-0.4, -0.2) is 23.6 Å². The van der Waals surface area contributed by atoms with Crippen LogP contribution in [0.5, 0.6) is 5.75 Å². The maximum Gasteiger partial charge on any atom is 0.337 e. The van der Waals surface area contributed by atoms with E-state index >= 15 is 0 Å². The molecule has 0 heterocycles. The summed E-state index contributed by atoms with van der Waals surface area (Å²) in [5, 5.41) is 11.8. The predicted molar refractivity (Wildman–Crippen MR) is 92.7 cm³/mol. The lowest BCUT2D eigenvalue weighted by Crippen LogP contribution is -2.14. The van der Waals surface area contributed by atoms with Crippen LogP contribution in [-0.2, 0) is 0 Å². The SMILES string of the molecule is CC(C)CCOc1ccc(C(=O)Nc2ccccc2C(=O)O)cc1. The molecule has 5 nitrogen and oxygen atoms in total. The van der Waals surface area contributed by atoms with Gasteiger partial charge < -0.3 is 15.2 Å². The van der Waals surface area contributed by atoms with Gasteiger partial charge in [-0.15, -0.1) is 0 Å². The first kappa shape index (κ1) is 17.5. The smallest absolute Gasteiger partial charge is 0.337 e. The number of para-hydroxylation sites is 1. The van der Waals surface area contributed by atoms with Gasteiger partial charge in [0.2, 0.25) is 0 Å². The molecule has 2 N–H and O–H groups in total. The van der Waals surface area contributed by atoms with Crippen molar-refractivity contribution in [1.82, 2.24) is 0 Å². The number of carbonyl (C=O) groups excluding carboxylic acids is 1. The van der Waals surface area contributed by atoms with Gasteiger partial charge in [0.15, 0.2) is 0 Å². The fourth-order valence-corrected chi connectivity index (χ4v) is 2.09. The zero-order chi connectivity index (χ0) is 17.5. The Balaban J connectivity index is 2.02. The molecule has 2 rings (SSSR count). The van der Waals surface area contributed by atoms with E-state index in [0.717, 1.165) is 6.42 Å².